The minimum Gasteiger partial charge on any atom is -0.393 e. The van der Waals surface area contributed by atoms with Crippen LogP contribution < -0.4 is 0 Å². The summed E-state index contributed by atoms with van der Waals surface area (Å²) in [7, 11) is 0. The Balaban J connectivity index is 1.49. The number of ketones is 1. The number of rotatable bonds is 0. The second-order valence-electron chi connectivity index (χ2n) is 9.94. The quantitative estimate of drug-likeness (QED) is 0.710. The molecule has 0 aromatic carbocycles. The Bertz CT molecular complexity index is 581. The van der Waals surface area contributed by atoms with Crippen molar-refractivity contribution in [1.29, 1.82) is 0 Å². The van der Waals surface area contributed by atoms with E-state index in [0.29, 0.717) is 23.0 Å². The number of hydrogen-bond acceptors (Lipinski definition) is 2. The van der Waals surface area contributed by atoms with Gasteiger partial charge in [-0.25, -0.2) is 0 Å². The third-order valence-electron chi connectivity index (χ3n) is 9.47. The molecule has 8 atom stereocenters. The normalized spacial score (nSPS) is 56.2. The molecular weight excluding hydrogens is 296 g/mol. The number of allylic oxidation sites excluding steroid dienone is 2. The summed E-state index contributed by atoms with van der Waals surface area (Å²) in [5.41, 5.74) is 0.447. The minimum atomic E-state index is -0.0597. The lowest BCUT2D eigenvalue weighted by atomic mass is 9.43. The average molecular weight is 328 g/mol. The van der Waals surface area contributed by atoms with Gasteiger partial charge in [-0.15, -0.1) is 0 Å². The molecule has 24 heavy (non-hydrogen) atoms. The van der Waals surface area contributed by atoms with Gasteiger partial charge in [0.1, 0.15) is 0 Å². The fourth-order valence-corrected chi connectivity index (χ4v) is 8.35. The number of fused-ring (bicyclic) bond motifs is 4. The molecular formula is C22H32O2. The molecule has 2 heteroatoms. The van der Waals surface area contributed by atoms with Crippen molar-refractivity contribution >= 4 is 5.78 Å². The molecule has 5 rings (SSSR count). The summed E-state index contributed by atoms with van der Waals surface area (Å²) in [6.45, 7) is 2.54. The van der Waals surface area contributed by atoms with Gasteiger partial charge in [0.05, 0.1) is 6.10 Å². The lowest BCUT2D eigenvalue weighted by molar-refractivity contribution is -0.152. The summed E-state index contributed by atoms with van der Waals surface area (Å²) in [6.07, 6.45) is 16.0. The van der Waals surface area contributed by atoms with Crippen LogP contribution in [0.3, 0.4) is 0 Å². The summed E-state index contributed by atoms with van der Waals surface area (Å²) in [5.74, 6) is 4.07. The van der Waals surface area contributed by atoms with Crippen molar-refractivity contribution in [2.24, 2.45) is 40.4 Å². The lowest BCUT2D eigenvalue weighted by Gasteiger charge is -2.61. The predicted octanol–water partition coefficient (Wildman–Crippen LogP) is 4.52. The highest BCUT2D eigenvalue weighted by Crippen LogP contribution is 2.68. The maximum absolute atomic E-state index is 13.0. The Labute approximate surface area is 146 Å². The van der Waals surface area contributed by atoms with E-state index in [1.807, 2.05) is 6.08 Å². The van der Waals surface area contributed by atoms with Crippen molar-refractivity contribution in [2.75, 3.05) is 0 Å². The molecule has 4 saturated carbocycles. The van der Waals surface area contributed by atoms with Gasteiger partial charge in [-0.3, -0.25) is 4.79 Å². The predicted molar refractivity (Wildman–Crippen MR) is 94.3 cm³/mol. The third-order valence-corrected chi connectivity index (χ3v) is 9.47. The van der Waals surface area contributed by atoms with E-state index >= 15 is 0 Å². The van der Waals surface area contributed by atoms with Crippen molar-refractivity contribution in [3.8, 4) is 0 Å². The fourth-order valence-electron chi connectivity index (χ4n) is 8.35. The molecule has 0 bridgehead atoms. The first-order valence-corrected chi connectivity index (χ1v) is 10.4. The van der Waals surface area contributed by atoms with Gasteiger partial charge in [0.15, 0.2) is 5.78 Å². The highest BCUT2D eigenvalue weighted by atomic mass is 16.3. The molecule has 5 aliphatic carbocycles. The van der Waals surface area contributed by atoms with Crippen LogP contribution in [0, 0.1) is 40.4 Å². The average Bonchev–Trinajstić information content (AvgIpc) is 2.97. The molecule has 0 heterocycles. The Morgan fingerprint density at radius 1 is 1.00 bits per heavy atom. The second kappa shape index (κ2) is 5.19. The van der Waals surface area contributed by atoms with E-state index in [2.05, 4.69) is 13.0 Å². The summed E-state index contributed by atoms with van der Waals surface area (Å²) >= 11 is 0. The van der Waals surface area contributed by atoms with Gasteiger partial charge in [-0.2, -0.15) is 0 Å². The van der Waals surface area contributed by atoms with Crippen molar-refractivity contribution in [1.82, 2.24) is 0 Å². The van der Waals surface area contributed by atoms with Crippen molar-refractivity contribution < 1.29 is 9.90 Å². The number of carbonyl (C=O) groups is 1. The fraction of sp³-hybridized carbons (Fsp3) is 0.864. The van der Waals surface area contributed by atoms with Crippen molar-refractivity contribution in [3.63, 3.8) is 0 Å². The van der Waals surface area contributed by atoms with Crippen LogP contribution >= 0.6 is 0 Å². The van der Waals surface area contributed by atoms with Crippen molar-refractivity contribution in [3.05, 3.63) is 12.2 Å². The maximum atomic E-state index is 13.0. The van der Waals surface area contributed by atoms with Crippen LogP contribution in [0.15, 0.2) is 12.2 Å². The SMILES string of the molecule is C[C@]12CC[C@@H](O)C[C@@H]1CC[C@@H]1[C@@H]2CC[C@@]23C(=O)C=CC[C@H]2CC[C@@H]13. The van der Waals surface area contributed by atoms with E-state index in [-0.39, 0.29) is 11.5 Å². The number of aliphatic hydroxyl groups is 1. The van der Waals surface area contributed by atoms with E-state index in [1.54, 1.807) is 0 Å². The Kier molecular flexibility index (Phi) is 3.38. The van der Waals surface area contributed by atoms with Crippen LogP contribution in [0.1, 0.15) is 71.1 Å². The molecule has 2 nitrogen and oxygen atoms in total. The first kappa shape index (κ1) is 15.6. The van der Waals surface area contributed by atoms with E-state index in [1.165, 1.54) is 38.5 Å². The van der Waals surface area contributed by atoms with Crippen LogP contribution in [-0.2, 0) is 4.79 Å². The molecule has 0 saturated heterocycles. The molecule has 5 aliphatic rings. The van der Waals surface area contributed by atoms with Crippen LogP contribution in [0.5, 0.6) is 0 Å². The monoisotopic (exact) mass is 328 g/mol. The molecule has 1 N–H and O–H groups in total. The van der Waals surface area contributed by atoms with Gasteiger partial charge in [0.2, 0.25) is 0 Å². The molecule has 0 aromatic heterocycles. The van der Waals surface area contributed by atoms with Crippen LogP contribution in [0.2, 0.25) is 0 Å². The topological polar surface area (TPSA) is 37.3 Å². The number of aliphatic hydroxyl groups excluding tert-OH is 1. The molecule has 1 spiro atoms. The van der Waals surface area contributed by atoms with Gasteiger partial charge in [-0.05, 0) is 105 Å². The van der Waals surface area contributed by atoms with Gasteiger partial charge < -0.3 is 5.11 Å². The standard InChI is InChI=1S/C22H32O2/c1-21-11-9-16(23)13-15(21)5-7-17-18(21)10-12-22-14(6-8-19(17)22)3-2-4-20(22)24/h2,4,14-19,23H,3,5-13H2,1H3/t14-,15-,16+,17+,18-,19-,21-,22+/m0/s1. The molecule has 0 radical (unpaired) electrons. The number of hydrogen-bond donors (Lipinski definition) is 1. The first-order valence-electron chi connectivity index (χ1n) is 10.4. The highest BCUT2D eigenvalue weighted by molar-refractivity contribution is 5.96. The molecule has 0 unspecified atom stereocenters. The largest absolute Gasteiger partial charge is 0.393 e. The highest BCUT2D eigenvalue weighted by Gasteiger charge is 2.63. The van der Waals surface area contributed by atoms with Gasteiger partial charge in [0.25, 0.3) is 0 Å². The summed E-state index contributed by atoms with van der Waals surface area (Å²) in [4.78, 5) is 13.0. The first-order chi connectivity index (χ1) is 11.6. The summed E-state index contributed by atoms with van der Waals surface area (Å²) in [6, 6.07) is 0. The van der Waals surface area contributed by atoms with E-state index in [0.717, 1.165) is 43.4 Å². The Morgan fingerprint density at radius 3 is 2.71 bits per heavy atom. The van der Waals surface area contributed by atoms with Crippen molar-refractivity contribution in [2.45, 2.75) is 77.2 Å². The third kappa shape index (κ3) is 1.84. The zero-order valence-corrected chi connectivity index (χ0v) is 15.0. The Morgan fingerprint density at radius 2 is 1.83 bits per heavy atom. The maximum Gasteiger partial charge on any atom is 0.162 e. The summed E-state index contributed by atoms with van der Waals surface area (Å²) < 4.78 is 0. The van der Waals surface area contributed by atoms with Crippen LogP contribution in [0.25, 0.3) is 0 Å². The molecule has 0 amide bonds. The van der Waals surface area contributed by atoms with E-state index in [4.69, 9.17) is 0 Å². The molecule has 0 aliphatic heterocycles. The van der Waals surface area contributed by atoms with E-state index in [9.17, 15) is 9.90 Å². The van der Waals surface area contributed by atoms with Crippen LogP contribution in [0.4, 0.5) is 0 Å². The van der Waals surface area contributed by atoms with Gasteiger partial charge in [-0.1, -0.05) is 13.0 Å². The van der Waals surface area contributed by atoms with Gasteiger partial charge >= 0.3 is 0 Å². The molecule has 0 aromatic rings. The van der Waals surface area contributed by atoms with E-state index < -0.39 is 0 Å². The lowest BCUT2D eigenvalue weighted by Crippen LogP contribution is -2.56. The Hall–Kier alpha value is -0.630. The molecule has 4 fully saturated rings. The number of carbonyl (C=O) groups excluding carboxylic acids is 1. The van der Waals surface area contributed by atoms with Gasteiger partial charge in [0, 0.05) is 5.41 Å². The minimum absolute atomic E-state index is 0.0211. The summed E-state index contributed by atoms with van der Waals surface area (Å²) in [5, 5.41) is 10.1. The zero-order valence-electron chi connectivity index (χ0n) is 15.0. The second-order valence-corrected chi connectivity index (χ2v) is 9.94. The van der Waals surface area contributed by atoms with Crippen LogP contribution in [-0.4, -0.2) is 17.0 Å². The smallest absolute Gasteiger partial charge is 0.162 e. The zero-order chi connectivity index (χ0) is 16.5. The molecule has 132 valence electrons.